The average molecular weight is 198 g/mol. The van der Waals surface area contributed by atoms with E-state index in [-0.39, 0.29) is 24.0 Å². The lowest BCUT2D eigenvalue weighted by atomic mass is 9.70. The molecule has 4 nitrogen and oxygen atoms in total. The van der Waals surface area contributed by atoms with Crippen molar-refractivity contribution in [2.24, 2.45) is 11.8 Å². The van der Waals surface area contributed by atoms with E-state index in [0.717, 1.165) is 0 Å². The molecule has 0 amide bonds. The number of carbonyl (C=O) groups is 1. The van der Waals surface area contributed by atoms with E-state index in [4.69, 9.17) is 9.47 Å². The number of ether oxygens (including phenoxy) is 2. The largest absolute Gasteiger partial charge is 0.363 e. The molecule has 14 heavy (non-hydrogen) atoms. The van der Waals surface area contributed by atoms with Gasteiger partial charge in [0, 0.05) is 24.7 Å². The van der Waals surface area contributed by atoms with Crippen LogP contribution >= 0.6 is 0 Å². The van der Waals surface area contributed by atoms with E-state index in [1.165, 1.54) is 0 Å². The number of hydrogen-bond acceptors (Lipinski definition) is 4. The molecule has 0 spiro atoms. The van der Waals surface area contributed by atoms with Gasteiger partial charge in [0.15, 0.2) is 12.1 Å². The molecular weight excluding hydrogens is 184 g/mol. The molecule has 2 saturated heterocycles. The van der Waals surface area contributed by atoms with Gasteiger partial charge in [0.25, 0.3) is 0 Å². The quantitative estimate of drug-likeness (QED) is 0.613. The van der Waals surface area contributed by atoms with Crippen LogP contribution in [-0.2, 0) is 14.3 Å². The fraction of sp³-hybridized carbons (Fsp3) is 0.900. The lowest BCUT2D eigenvalue weighted by molar-refractivity contribution is -0.266. The van der Waals surface area contributed by atoms with E-state index in [9.17, 15) is 9.90 Å². The van der Waals surface area contributed by atoms with Crippen LogP contribution in [0.25, 0.3) is 0 Å². The number of hydrogen-bond donors (Lipinski definition) is 1. The Labute approximate surface area is 82.2 Å². The van der Waals surface area contributed by atoms with Crippen molar-refractivity contribution in [3.8, 4) is 0 Å². The van der Waals surface area contributed by atoms with Crippen molar-refractivity contribution in [3.63, 3.8) is 0 Å². The second-order valence-electron chi connectivity index (χ2n) is 4.93. The van der Waals surface area contributed by atoms with E-state index in [1.54, 1.807) is 6.92 Å². The van der Waals surface area contributed by atoms with E-state index in [0.29, 0.717) is 6.42 Å². The van der Waals surface area contributed by atoms with E-state index < -0.39 is 17.7 Å². The Balaban J connectivity index is 2.11. The molecule has 2 heterocycles. The summed E-state index contributed by atoms with van der Waals surface area (Å²) >= 11 is 0. The molecule has 1 N–H and O–H groups in total. The molecule has 4 heteroatoms. The topological polar surface area (TPSA) is 55.8 Å². The fourth-order valence-electron chi connectivity index (χ4n) is 2.89. The number of rotatable bonds is 0. The molecule has 0 aromatic heterocycles. The summed E-state index contributed by atoms with van der Waals surface area (Å²) in [5, 5.41) is 10.2. The minimum Gasteiger partial charge on any atom is -0.363 e. The minimum absolute atomic E-state index is 0.0621. The second kappa shape index (κ2) is 2.21. The van der Waals surface area contributed by atoms with Crippen LogP contribution in [0.2, 0.25) is 0 Å². The molecule has 0 aromatic rings. The van der Waals surface area contributed by atoms with Crippen molar-refractivity contribution in [1.82, 2.24) is 0 Å². The summed E-state index contributed by atoms with van der Waals surface area (Å²) in [6.45, 7) is 3.71. The number of ketones is 1. The van der Waals surface area contributed by atoms with Gasteiger partial charge in [-0.1, -0.05) is 6.92 Å². The Morgan fingerprint density at radius 3 is 2.93 bits per heavy atom. The van der Waals surface area contributed by atoms with Gasteiger partial charge in [-0.05, 0) is 6.92 Å². The summed E-state index contributed by atoms with van der Waals surface area (Å²) < 4.78 is 11.1. The lowest BCUT2D eigenvalue weighted by Crippen LogP contribution is -2.58. The summed E-state index contributed by atoms with van der Waals surface area (Å²) in [4.78, 5) is 11.8. The van der Waals surface area contributed by atoms with Crippen LogP contribution in [0.5, 0.6) is 0 Å². The SMILES string of the molecule is CC1C2O[C@]3(O)CC1C(=O)C[C@]3(C)O2. The summed E-state index contributed by atoms with van der Waals surface area (Å²) in [6.07, 6.45) is 0.254. The highest BCUT2D eigenvalue weighted by Gasteiger charge is 2.68. The van der Waals surface area contributed by atoms with Gasteiger partial charge in [-0.25, -0.2) is 0 Å². The fourth-order valence-corrected chi connectivity index (χ4v) is 2.89. The van der Waals surface area contributed by atoms with Gasteiger partial charge in [0.05, 0.1) is 0 Å². The number of fused-ring (bicyclic) bond motifs is 2. The lowest BCUT2D eigenvalue weighted by Gasteiger charge is -2.44. The van der Waals surface area contributed by atoms with Crippen LogP contribution in [0.4, 0.5) is 0 Å². The molecule has 0 radical (unpaired) electrons. The first-order chi connectivity index (χ1) is 6.45. The monoisotopic (exact) mass is 198 g/mol. The molecule has 2 aliphatic heterocycles. The van der Waals surface area contributed by atoms with Crippen molar-refractivity contribution in [2.45, 2.75) is 44.4 Å². The van der Waals surface area contributed by atoms with Crippen molar-refractivity contribution >= 4 is 5.78 Å². The van der Waals surface area contributed by atoms with Crippen molar-refractivity contribution < 1.29 is 19.4 Å². The van der Waals surface area contributed by atoms with E-state index in [2.05, 4.69) is 0 Å². The van der Waals surface area contributed by atoms with Crippen molar-refractivity contribution in [1.29, 1.82) is 0 Å². The van der Waals surface area contributed by atoms with Crippen LogP contribution in [0.1, 0.15) is 26.7 Å². The van der Waals surface area contributed by atoms with E-state index in [1.807, 2.05) is 6.92 Å². The predicted molar refractivity (Wildman–Crippen MR) is 46.2 cm³/mol. The Morgan fingerprint density at radius 2 is 2.21 bits per heavy atom. The maximum absolute atomic E-state index is 11.8. The van der Waals surface area contributed by atoms with Crippen LogP contribution < -0.4 is 0 Å². The summed E-state index contributed by atoms with van der Waals surface area (Å²) in [5.74, 6) is -1.06. The van der Waals surface area contributed by atoms with Gasteiger partial charge in [0.2, 0.25) is 0 Å². The first-order valence-corrected chi connectivity index (χ1v) is 5.06. The van der Waals surface area contributed by atoms with Crippen molar-refractivity contribution in [3.05, 3.63) is 0 Å². The van der Waals surface area contributed by atoms with Crippen LogP contribution in [0.3, 0.4) is 0 Å². The van der Waals surface area contributed by atoms with Gasteiger partial charge >= 0.3 is 0 Å². The highest BCUT2D eigenvalue weighted by atomic mass is 16.8. The average Bonchev–Trinajstić information content (AvgIpc) is 2.26. The van der Waals surface area contributed by atoms with Gasteiger partial charge < -0.3 is 14.6 Å². The normalized spacial score (nSPS) is 60.8. The smallest absolute Gasteiger partial charge is 0.198 e. The Hall–Kier alpha value is -0.450. The van der Waals surface area contributed by atoms with Crippen LogP contribution in [0, 0.1) is 11.8 Å². The summed E-state index contributed by atoms with van der Waals surface area (Å²) in [5.41, 5.74) is -0.823. The molecule has 1 aliphatic carbocycles. The molecule has 3 bridgehead atoms. The minimum atomic E-state index is -1.23. The summed E-state index contributed by atoms with van der Waals surface area (Å²) in [6, 6.07) is 0. The molecular formula is C10H14O4. The Bertz CT molecular complexity index is 315. The molecule has 3 unspecified atom stereocenters. The Kier molecular flexibility index (Phi) is 1.39. The van der Waals surface area contributed by atoms with Gasteiger partial charge in [-0.15, -0.1) is 0 Å². The maximum atomic E-state index is 11.8. The van der Waals surface area contributed by atoms with Crippen LogP contribution in [-0.4, -0.2) is 28.6 Å². The zero-order valence-electron chi connectivity index (χ0n) is 8.32. The summed E-state index contributed by atoms with van der Waals surface area (Å²) in [7, 11) is 0. The van der Waals surface area contributed by atoms with E-state index >= 15 is 0 Å². The standard InChI is InChI=1S/C10H14O4/c1-5-6-3-10(12)9(2,4-7(6)11)13-8(5)14-10/h5-6,8,12H,3-4H2,1-2H3/t5?,6?,8?,9-,10+/m0/s1. The van der Waals surface area contributed by atoms with Crippen LogP contribution in [0.15, 0.2) is 0 Å². The third-order valence-electron chi connectivity index (χ3n) is 4.00. The van der Waals surface area contributed by atoms with Gasteiger partial charge in [0.1, 0.15) is 11.4 Å². The highest BCUT2D eigenvalue weighted by molar-refractivity contribution is 5.84. The molecule has 0 aromatic carbocycles. The first kappa shape index (κ1) is 8.83. The number of Topliss-reactive ketones (excluding diaryl/α,β-unsaturated/α-hetero) is 1. The Morgan fingerprint density at radius 1 is 1.50 bits per heavy atom. The zero-order chi connectivity index (χ0) is 10.1. The third-order valence-corrected chi connectivity index (χ3v) is 4.00. The van der Waals surface area contributed by atoms with Gasteiger partial charge in [-0.2, -0.15) is 0 Å². The number of aliphatic hydroxyl groups is 1. The first-order valence-electron chi connectivity index (χ1n) is 5.06. The van der Waals surface area contributed by atoms with Gasteiger partial charge in [-0.3, -0.25) is 4.79 Å². The maximum Gasteiger partial charge on any atom is 0.198 e. The number of carbonyl (C=O) groups excluding carboxylic acids is 1. The molecule has 5 atom stereocenters. The highest BCUT2D eigenvalue weighted by Crippen LogP contribution is 2.55. The predicted octanol–water partition coefficient (Wildman–Crippen LogP) is 0.435. The molecule has 3 rings (SSSR count). The molecule has 78 valence electrons. The zero-order valence-corrected chi connectivity index (χ0v) is 8.32. The second-order valence-corrected chi connectivity index (χ2v) is 4.93. The third kappa shape index (κ3) is 0.782. The molecule has 1 saturated carbocycles. The van der Waals surface area contributed by atoms with Crippen molar-refractivity contribution in [2.75, 3.05) is 0 Å². The molecule has 3 aliphatic rings. The molecule has 3 fully saturated rings.